The molecular formula is C17H20N2O3S2. The van der Waals surface area contributed by atoms with Gasteiger partial charge in [0.15, 0.2) is 20.8 Å². The third-order valence-corrected chi connectivity index (χ3v) is 7.00. The van der Waals surface area contributed by atoms with E-state index in [0.29, 0.717) is 5.56 Å². The van der Waals surface area contributed by atoms with Crippen molar-refractivity contribution in [2.75, 3.05) is 22.2 Å². The Morgan fingerprint density at radius 1 is 1.29 bits per heavy atom. The zero-order valence-electron chi connectivity index (χ0n) is 13.7. The second-order valence-electron chi connectivity index (χ2n) is 6.34. The molecule has 0 radical (unpaired) electrons. The van der Waals surface area contributed by atoms with Gasteiger partial charge in [0.05, 0.1) is 23.6 Å². The second kappa shape index (κ2) is 6.37. The van der Waals surface area contributed by atoms with Gasteiger partial charge in [0.1, 0.15) is 0 Å². The Balaban J connectivity index is 1.93. The smallest absolute Gasteiger partial charge is 0.164 e. The maximum Gasteiger partial charge on any atom is 0.164 e. The molecule has 5 nitrogen and oxygen atoms in total. The molecule has 0 N–H and O–H groups in total. The molecule has 0 spiro atoms. The third-order valence-electron chi connectivity index (χ3n) is 4.11. The first-order valence-corrected chi connectivity index (χ1v) is 10.5. The minimum Gasteiger partial charge on any atom is -0.315 e. The molecule has 7 heteroatoms. The topological polar surface area (TPSA) is 66.8 Å². The fraction of sp³-hybridized carbons (Fsp3) is 0.412. The molecule has 0 aromatic heterocycles. The van der Waals surface area contributed by atoms with E-state index in [1.807, 2.05) is 24.0 Å². The number of thioether (sulfide) groups is 1. The van der Waals surface area contributed by atoms with Crippen molar-refractivity contribution in [2.24, 2.45) is 4.99 Å². The lowest BCUT2D eigenvalue weighted by atomic mass is 10.1. The van der Waals surface area contributed by atoms with E-state index in [9.17, 15) is 13.2 Å². The SMILES string of the molecule is C=C(C)CSC1=N[C@@H]2CS(=O)(=O)C[C@@H]2N1c1ccc(C(C)=O)cc1. The summed E-state index contributed by atoms with van der Waals surface area (Å²) in [6, 6.07) is 6.90. The minimum atomic E-state index is -3.05. The van der Waals surface area contributed by atoms with Gasteiger partial charge in [-0.25, -0.2) is 8.42 Å². The van der Waals surface area contributed by atoms with Crippen molar-refractivity contribution in [3.05, 3.63) is 42.0 Å². The third kappa shape index (κ3) is 3.42. The predicted octanol–water partition coefficient (Wildman–Crippen LogP) is 2.54. The molecule has 2 aliphatic rings. The number of carbonyl (C=O) groups excluding carboxylic acids is 1. The van der Waals surface area contributed by atoms with Crippen molar-refractivity contribution in [1.82, 2.24) is 0 Å². The summed E-state index contributed by atoms with van der Waals surface area (Å²) in [5.41, 5.74) is 2.55. The summed E-state index contributed by atoms with van der Waals surface area (Å²) in [4.78, 5) is 18.1. The van der Waals surface area contributed by atoms with Crippen LogP contribution in [0.4, 0.5) is 5.69 Å². The standard InChI is InChI=1S/C17H20N2O3S2/c1-11(2)8-23-17-18-15-9-24(21,22)10-16(15)19(17)14-6-4-13(5-7-14)12(3)20/h4-7,15-16H,1,8-10H2,2-3H3/t15-,16+/m1/s1. The van der Waals surface area contributed by atoms with Crippen LogP contribution in [0.5, 0.6) is 0 Å². The summed E-state index contributed by atoms with van der Waals surface area (Å²) in [6.45, 7) is 7.40. The van der Waals surface area contributed by atoms with E-state index in [4.69, 9.17) is 0 Å². The van der Waals surface area contributed by atoms with Crippen molar-refractivity contribution in [3.8, 4) is 0 Å². The largest absolute Gasteiger partial charge is 0.315 e. The number of carbonyl (C=O) groups is 1. The zero-order valence-corrected chi connectivity index (χ0v) is 15.4. The highest BCUT2D eigenvalue weighted by Gasteiger charge is 2.47. The van der Waals surface area contributed by atoms with Gasteiger partial charge >= 0.3 is 0 Å². The van der Waals surface area contributed by atoms with E-state index in [0.717, 1.165) is 22.2 Å². The summed E-state index contributed by atoms with van der Waals surface area (Å²) < 4.78 is 24.0. The molecule has 1 aromatic carbocycles. The van der Waals surface area contributed by atoms with Crippen molar-refractivity contribution in [1.29, 1.82) is 0 Å². The number of amidine groups is 1. The number of Topliss-reactive ketones (excluding diaryl/α,β-unsaturated/α-hetero) is 1. The van der Waals surface area contributed by atoms with Crippen LogP contribution in [0, 0.1) is 0 Å². The Kier molecular flexibility index (Phi) is 4.57. The van der Waals surface area contributed by atoms with E-state index in [1.54, 1.807) is 23.9 Å². The zero-order chi connectivity index (χ0) is 17.5. The van der Waals surface area contributed by atoms with Gasteiger partial charge in [0.2, 0.25) is 0 Å². The van der Waals surface area contributed by atoms with Gasteiger partial charge in [-0.15, -0.1) is 0 Å². The molecule has 1 fully saturated rings. The highest BCUT2D eigenvalue weighted by Crippen LogP contribution is 2.35. The van der Waals surface area contributed by atoms with Gasteiger partial charge in [-0.2, -0.15) is 0 Å². The van der Waals surface area contributed by atoms with E-state index in [2.05, 4.69) is 11.6 Å². The fourth-order valence-electron chi connectivity index (χ4n) is 2.98. The highest BCUT2D eigenvalue weighted by molar-refractivity contribution is 8.14. The molecule has 0 saturated carbocycles. The number of nitrogens with zero attached hydrogens (tertiary/aromatic N) is 2. The molecule has 1 aromatic rings. The summed E-state index contributed by atoms with van der Waals surface area (Å²) in [7, 11) is -3.05. The maximum absolute atomic E-state index is 12.0. The first kappa shape index (κ1) is 17.2. The average molecular weight is 364 g/mol. The second-order valence-corrected chi connectivity index (χ2v) is 9.44. The first-order chi connectivity index (χ1) is 11.3. The molecule has 3 rings (SSSR count). The van der Waals surface area contributed by atoms with Gasteiger partial charge in [0.25, 0.3) is 0 Å². The molecule has 2 aliphatic heterocycles. The number of aliphatic imine (C=N–C) groups is 1. The quantitative estimate of drug-likeness (QED) is 0.607. The lowest BCUT2D eigenvalue weighted by Gasteiger charge is -2.26. The number of ketones is 1. The number of anilines is 1. The van der Waals surface area contributed by atoms with E-state index in [1.165, 1.54) is 6.92 Å². The lowest BCUT2D eigenvalue weighted by Crippen LogP contribution is -2.39. The van der Waals surface area contributed by atoms with Crippen molar-refractivity contribution < 1.29 is 13.2 Å². The molecule has 2 atom stereocenters. The van der Waals surface area contributed by atoms with Crippen molar-refractivity contribution >= 4 is 38.2 Å². The first-order valence-electron chi connectivity index (χ1n) is 7.72. The molecule has 0 aliphatic carbocycles. The molecular weight excluding hydrogens is 344 g/mol. The van der Waals surface area contributed by atoms with Crippen LogP contribution in [-0.2, 0) is 9.84 Å². The average Bonchev–Trinajstić information content (AvgIpc) is 2.96. The van der Waals surface area contributed by atoms with Gasteiger partial charge in [-0.05, 0) is 38.1 Å². The summed E-state index contributed by atoms with van der Waals surface area (Å²) in [5.74, 6) is 0.978. The van der Waals surface area contributed by atoms with Gasteiger partial charge < -0.3 is 4.90 Å². The number of hydrogen-bond donors (Lipinski definition) is 0. The number of rotatable bonds is 4. The van der Waals surface area contributed by atoms with Crippen molar-refractivity contribution in [3.63, 3.8) is 0 Å². The molecule has 24 heavy (non-hydrogen) atoms. The Morgan fingerprint density at radius 3 is 2.54 bits per heavy atom. The van der Waals surface area contributed by atoms with Crippen LogP contribution in [0.2, 0.25) is 0 Å². The van der Waals surface area contributed by atoms with Crippen molar-refractivity contribution in [2.45, 2.75) is 25.9 Å². The van der Waals surface area contributed by atoms with Crippen LogP contribution in [0.15, 0.2) is 41.4 Å². The van der Waals surface area contributed by atoms with Crippen LogP contribution in [0.3, 0.4) is 0 Å². The Labute approximate surface area is 146 Å². The van der Waals surface area contributed by atoms with Crippen LogP contribution in [0.25, 0.3) is 0 Å². The van der Waals surface area contributed by atoms with E-state index in [-0.39, 0.29) is 29.4 Å². The van der Waals surface area contributed by atoms with Crippen LogP contribution < -0.4 is 4.90 Å². The molecule has 0 unspecified atom stereocenters. The molecule has 128 valence electrons. The minimum absolute atomic E-state index is 0.00911. The van der Waals surface area contributed by atoms with Crippen LogP contribution in [0.1, 0.15) is 24.2 Å². The number of benzene rings is 1. The molecule has 0 amide bonds. The predicted molar refractivity (Wildman–Crippen MR) is 99.9 cm³/mol. The summed E-state index contributed by atoms with van der Waals surface area (Å²) in [6.07, 6.45) is 0. The van der Waals surface area contributed by atoms with Crippen LogP contribution >= 0.6 is 11.8 Å². The summed E-state index contributed by atoms with van der Waals surface area (Å²) >= 11 is 1.58. The maximum atomic E-state index is 12.0. The van der Waals surface area contributed by atoms with Gasteiger partial charge in [-0.1, -0.05) is 23.9 Å². The monoisotopic (exact) mass is 364 g/mol. The fourth-order valence-corrected chi connectivity index (χ4v) is 5.79. The molecule has 0 bridgehead atoms. The molecule has 1 saturated heterocycles. The Morgan fingerprint density at radius 2 is 1.96 bits per heavy atom. The summed E-state index contributed by atoms with van der Waals surface area (Å²) in [5, 5.41) is 0.832. The van der Waals surface area contributed by atoms with Gasteiger partial charge in [-0.3, -0.25) is 9.79 Å². The lowest BCUT2D eigenvalue weighted by molar-refractivity contribution is 0.101. The number of hydrogen-bond acceptors (Lipinski definition) is 6. The van der Waals surface area contributed by atoms with Crippen LogP contribution in [-0.4, -0.2) is 48.7 Å². The Hall–Kier alpha value is -1.60. The number of sulfone groups is 1. The number of fused-ring (bicyclic) bond motifs is 1. The van der Waals surface area contributed by atoms with E-state index < -0.39 is 9.84 Å². The Bertz CT molecular complexity index is 813. The van der Waals surface area contributed by atoms with E-state index >= 15 is 0 Å². The highest BCUT2D eigenvalue weighted by atomic mass is 32.2. The van der Waals surface area contributed by atoms with Gasteiger partial charge in [0, 0.05) is 17.0 Å². The molecule has 2 heterocycles. The normalized spacial score (nSPS) is 24.6.